The second-order valence-electron chi connectivity index (χ2n) is 8.94. The summed E-state index contributed by atoms with van der Waals surface area (Å²) < 4.78 is 4.77. The van der Waals surface area contributed by atoms with Crippen molar-refractivity contribution >= 4 is 11.9 Å². The number of carbonyl (C=O) groups excluding carboxylic acids is 1. The maximum Gasteiger partial charge on any atom is 0.407 e. The molecule has 2 heterocycles. The van der Waals surface area contributed by atoms with Crippen LogP contribution < -0.4 is 5.32 Å². The third kappa shape index (κ3) is 3.60. The molecule has 24 heavy (non-hydrogen) atoms. The lowest BCUT2D eigenvalue weighted by atomic mass is 9.78. The Kier molecular flexibility index (Phi) is 5.03. The highest BCUT2D eigenvalue weighted by Crippen LogP contribution is 2.42. The molecule has 136 valence electrons. The van der Waals surface area contributed by atoms with Gasteiger partial charge in [-0.3, -0.25) is 4.99 Å². The monoisotopic (exact) mass is 335 g/mol. The molecule has 5 heteroatoms. The number of amidine groups is 1. The van der Waals surface area contributed by atoms with Gasteiger partial charge >= 0.3 is 6.09 Å². The van der Waals surface area contributed by atoms with Crippen LogP contribution in [0.2, 0.25) is 0 Å². The summed E-state index contributed by atoms with van der Waals surface area (Å²) in [5.41, 5.74) is 2.80. The maximum atomic E-state index is 11.6. The zero-order valence-corrected chi connectivity index (χ0v) is 16.5. The quantitative estimate of drug-likeness (QED) is 0.831. The largest absolute Gasteiger partial charge is 0.453 e. The standard InChI is InChI=1S/C19H33N3O2/c1-9-13-14-10-12(20-17(23)24-8)11-22(14)16(19(5,6)7)21-15(13)18(2,3)4/h12,15H,9-11H2,1-8H3,(H,20,23). The summed E-state index contributed by atoms with van der Waals surface area (Å²) in [6.07, 6.45) is 1.47. The first kappa shape index (κ1) is 18.8. The van der Waals surface area contributed by atoms with Gasteiger partial charge in [0, 0.05) is 24.1 Å². The summed E-state index contributed by atoms with van der Waals surface area (Å²) in [5.74, 6) is 1.13. The second kappa shape index (κ2) is 6.41. The molecule has 0 saturated carbocycles. The molecule has 1 fully saturated rings. The predicted molar refractivity (Wildman–Crippen MR) is 98.1 cm³/mol. The molecule has 0 aromatic heterocycles. The van der Waals surface area contributed by atoms with Crippen molar-refractivity contribution in [3.8, 4) is 0 Å². The number of aliphatic imine (C=N–C) groups is 1. The van der Waals surface area contributed by atoms with Gasteiger partial charge in [-0.1, -0.05) is 48.5 Å². The van der Waals surface area contributed by atoms with E-state index in [4.69, 9.17) is 9.73 Å². The van der Waals surface area contributed by atoms with Crippen LogP contribution in [-0.2, 0) is 4.74 Å². The number of carbonyl (C=O) groups is 1. The minimum Gasteiger partial charge on any atom is -0.453 e. The number of hydrogen-bond donors (Lipinski definition) is 1. The number of rotatable bonds is 2. The minimum absolute atomic E-state index is 0.0336. The summed E-state index contributed by atoms with van der Waals surface area (Å²) in [6, 6.07) is 0.264. The van der Waals surface area contributed by atoms with Crippen LogP contribution in [0, 0.1) is 10.8 Å². The Bertz CT molecular complexity index is 564. The van der Waals surface area contributed by atoms with E-state index in [0.717, 1.165) is 25.2 Å². The number of alkyl carbamates (subject to hydrolysis) is 1. The van der Waals surface area contributed by atoms with Gasteiger partial charge in [-0.2, -0.15) is 0 Å². The molecule has 0 bridgehead atoms. The fraction of sp³-hybridized carbons (Fsp3) is 0.789. The minimum atomic E-state index is -0.361. The van der Waals surface area contributed by atoms with E-state index in [1.165, 1.54) is 18.4 Å². The van der Waals surface area contributed by atoms with Crippen molar-refractivity contribution in [3.63, 3.8) is 0 Å². The number of amides is 1. The Morgan fingerprint density at radius 3 is 2.38 bits per heavy atom. The predicted octanol–water partition coefficient (Wildman–Crippen LogP) is 3.95. The molecule has 2 aliphatic heterocycles. The fourth-order valence-corrected chi connectivity index (χ4v) is 3.72. The van der Waals surface area contributed by atoms with Crippen molar-refractivity contribution in [1.82, 2.24) is 10.2 Å². The molecule has 2 aliphatic rings. The first-order valence-corrected chi connectivity index (χ1v) is 8.91. The molecule has 2 unspecified atom stereocenters. The third-order valence-corrected chi connectivity index (χ3v) is 4.76. The molecule has 0 radical (unpaired) electrons. The Balaban J connectivity index is 2.45. The van der Waals surface area contributed by atoms with Crippen LogP contribution in [0.5, 0.6) is 0 Å². The molecule has 0 aliphatic carbocycles. The lowest BCUT2D eigenvalue weighted by Gasteiger charge is -2.42. The van der Waals surface area contributed by atoms with E-state index in [0.29, 0.717) is 0 Å². The number of hydrogen-bond acceptors (Lipinski definition) is 4. The number of nitrogens with one attached hydrogen (secondary N) is 1. The molecule has 2 atom stereocenters. The van der Waals surface area contributed by atoms with E-state index >= 15 is 0 Å². The normalized spacial score (nSPS) is 24.7. The Labute approximate surface area is 146 Å². The van der Waals surface area contributed by atoms with Gasteiger partial charge in [-0.25, -0.2) is 4.79 Å². The average molecular weight is 335 g/mol. The second-order valence-corrected chi connectivity index (χ2v) is 8.94. The van der Waals surface area contributed by atoms with Gasteiger partial charge < -0.3 is 15.0 Å². The summed E-state index contributed by atoms with van der Waals surface area (Å²) in [4.78, 5) is 19.2. The molecule has 0 aromatic rings. The lowest BCUT2D eigenvalue weighted by molar-refractivity contribution is 0.167. The summed E-state index contributed by atoms with van der Waals surface area (Å²) in [5, 5.41) is 2.96. The smallest absolute Gasteiger partial charge is 0.407 e. The van der Waals surface area contributed by atoms with E-state index in [1.807, 2.05) is 0 Å². The Morgan fingerprint density at radius 2 is 1.92 bits per heavy atom. The summed E-state index contributed by atoms with van der Waals surface area (Å²) >= 11 is 0. The zero-order chi connectivity index (χ0) is 18.3. The van der Waals surface area contributed by atoms with E-state index in [2.05, 4.69) is 58.7 Å². The Morgan fingerprint density at radius 1 is 1.29 bits per heavy atom. The number of nitrogens with zero attached hydrogens (tertiary/aromatic N) is 2. The average Bonchev–Trinajstić information content (AvgIpc) is 2.85. The van der Waals surface area contributed by atoms with E-state index in [-0.39, 0.29) is 29.0 Å². The van der Waals surface area contributed by atoms with Crippen LogP contribution in [-0.4, -0.2) is 42.6 Å². The van der Waals surface area contributed by atoms with Gasteiger partial charge in [0.15, 0.2) is 0 Å². The van der Waals surface area contributed by atoms with Crippen LogP contribution in [0.25, 0.3) is 0 Å². The van der Waals surface area contributed by atoms with Crippen LogP contribution in [0.1, 0.15) is 61.3 Å². The van der Waals surface area contributed by atoms with Crippen LogP contribution in [0.4, 0.5) is 4.79 Å². The molecule has 5 nitrogen and oxygen atoms in total. The number of methoxy groups -OCH3 is 1. The first-order valence-electron chi connectivity index (χ1n) is 8.91. The third-order valence-electron chi connectivity index (χ3n) is 4.76. The molecule has 1 N–H and O–H groups in total. The van der Waals surface area contributed by atoms with Crippen LogP contribution in [0.15, 0.2) is 16.3 Å². The fourth-order valence-electron chi connectivity index (χ4n) is 3.72. The maximum absolute atomic E-state index is 11.6. The van der Waals surface area contributed by atoms with E-state index in [9.17, 15) is 4.79 Å². The molecular weight excluding hydrogens is 302 g/mol. The molecule has 2 rings (SSSR count). The van der Waals surface area contributed by atoms with Gasteiger partial charge in [0.1, 0.15) is 5.84 Å². The Hall–Kier alpha value is -1.52. The zero-order valence-electron chi connectivity index (χ0n) is 16.5. The highest BCUT2D eigenvalue weighted by Gasteiger charge is 2.43. The molecule has 1 amide bonds. The van der Waals surface area contributed by atoms with Crippen molar-refractivity contribution < 1.29 is 9.53 Å². The van der Waals surface area contributed by atoms with E-state index < -0.39 is 0 Å². The van der Waals surface area contributed by atoms with Crippen LogP contribution >= 0.6 is 0 Å². The SMILES string of the molecule is CCC1=C2CC(NC(=O)OC)CN2C(C(C)(C)C)=NC1C(C)(C)C. The van der Waals surface area contributed by atoms with Gasteiger partial charge in [0.2, 0.25) is 0 Å². The summed E-state index contributed by atoms with van der Waals surface area (Å²) in [6.45, 7) is 16.4. The molecule has 1 saturated heterocycles. The van der Waals surface area contributed by atoms with Crippen molar-refractivity contribution in [1.29, 1.82) is 0 Å². The van der Waals surface area contributed by atoms with Crippen molar-refractivity contribution in [2.45, 2.75) is 73.4 Å². The van der Waals surface area contributed by atoms with Gasteiger partial charge in [0.05, 0.1) is 19.2 Å². The summed E-state index contributed by atoms with van der Waals surface area (Å²) in [7, 11) is 1.41. The first-order chi connectivity index (χ1) is 11.0. The van der Waals surface area contributed by atoms with Crippen LogP contribution in [0.3, 0.4) is 0 Å². The van der Waals surface area contributed by atoms with Gasteiger partial charge in [-0.15, -0.1) is 0 Å². The van der Waals surface area contributed by atoms with E-state index in [1.54, 1.807) is 0 Å². The van der Waals surface area contributed by atoms with Gasteiger partial charge in [-0.05, 0) is 17.4 Å². The van der Waals surface area contributed by atoms with Gasteiger partial charge in [0.25, 0.3) is 0 Å². The lowest BCUT2D eigenvalue weighted by Crippen LogP contribution is -2.46. The van der Waals surface area contributed by atoms with Crippen molar-refractivity contribution in [2.24, 2.45) is 15.8 Å². The molecule has 0 aromatic carbocycles. The van der Waals surface area contributed by atoms with Crippen molar-refractivity contribution in [2.75, 3.05) is 13.7 Å². The molecule has 0 spiro atoms. The topological polar surface area (TPSA) is 53.9 Å². The van der Waals surface area contributed by atoms with Crippen molar-refractivity contribution in [3.05, 3.63) is 11.3 Å². The molecular formula is C19H33N3O2. The highest BCUT2D eigenvalue weighted by molar-refractivity contribution is 5.90. The number of fused-ring (bicyclic) bond motifs is 1. The number of ether oxygens (including phenoxy) is 1. The highest BCUT2D eigenvalue weighted by atomic mass is 16.5.